The molecule has 7 heteroatoms. The van der Waals surface area contributed by atoms with Crippen molar-refractivity contribution in [3.05, 3.63) is 198 Å². The molecule has 0 spiro atoms. The zero-order valence-corrected chi connectivity index (χ0v) is 31.9. The molecule has 5 aromatic rings. The molecule has 1 amide bonds. The first-order valence-corrected chi connectivity index (χ1v) is 18.6. The third kappa shape index (κ3) is 13.0. The van der Waals surface area contributed by atoms with Gasteiger partial charge in [-0.2, -0.15) is 0 Å². The van der Waals surface area contributed by atoms with E-state index in [4.69, 9.17) is 18.9 Å². The molecule has 5 aromatic carbocycles. The summed E-state index contributed by atoms with van der Waals surface area (Å²) in [6.45, 7) is 9.98. The Kier molecular flexibility index (Phi) is 15.3. The molecule has 0 N–H and O–H groups in total. The molecule has 0 bridgehead atoms. The van der Waals surface area contributed by atoms with Gasteiger partial charge in [-0.05, 0) is 54.7 Å². The fourth-order valence-electron chi connectivity index (χ4n) is 6.05. The van der Waals surface area contributed by atoms with E-state index in [2.05, 4.69) is 6.58 Å². The number of ketones is 1. The van der Waals surface area contributed by atoms with Gasteiger partial charge in [-0.1, -0.05) is 170 Å². The molecule has 0 unspecified atom stereocenters. The average molecular weight is 738 g/mol. The van der Waals surface area contributed by atoms with Crippen molar-refractivity contribution >= 4 is 18.0 Å². The highest BCUT2D eigenvalue weighted by Gasteiger charge is 2.43. The Morgan fingerprint density at radius 3 is 1.47 bits per heavy atom. The molecule has 0 saturated carbocycles. The largest absolute Gasteiger partial charge is 0.444 e. The third-order valence-electron chi connectivity index (χ3n) is 8.75. The summed E-state index contributed by atoms with van der Waals surface area (Å²) in [5.74, 6) is -0.375. The zero-order valence-electron chi connectivity index (χ0n) is 31.9. The van der Waals surface area contributed by atoms with Crippen LogP contribution in [0.4, 0.5) is 4.79 Å². The van der Waals surface area contributed by atoms with Crippen molar-refractivity contribution < 1.29 is 28.5 Å². The SMILES string of the molecule is C=CC(=O)[C@@H](OCc1ccccc1)[C@H](OCc1ccccc1)[C@H](OCc1ccccc1)[C@@H](/C=C/c1ccccc1)N(Cc1ccccc1)C(=O)OC(C)(C)C. The van der Waals surface area contributed by atoms with Gasteiger partial charge in [0, 0.05) is 6.54 Å². The van der Waals surface area contributed by atoms with Crippen LogP contribution in [0.5, 0.6) is 0 Å². The van der Waals surface area contributed by atoms with E-state index in [1.807, 2.05) is 185 Å². The number of ether oxygens (including phenoxy) is 4. The van der Waals surface area contributed by atoms with Crippen molar-refractivity contribution in [2.45, 2.75) is 77.1 Å². The van der Waals surface area contributed by atoms with Crippen LogP contribution in [0.3, 0.4) is 0 Å². The van der Waals surface area contributed by atoms with Crippen LogP contribution in [-0.4, -0.2) is 46.7 Å². The molecule has 0 heterocycles. The second-order valence-electron chi connectivity index (χ2n) is 14.2. The van der Waals surface area contributed by atoms with Gasteiger partial charge in [0.15, 0.2) is 5.78 Å². The second kappa shape index (κ2) is 20.7. The summed E-state index contributed by atoms with van der Waals surface area (Å²) in [6.07, 6.45) is 1.43. The van der Waals surface area contributed by atoms with E-state index in [1.54, 1.807) is 4.90 Å². The van der Waals surface area contributed by atoms with Crippen molar-refractivity contribution in [3.8, 4) is 0 Å². The van der Waals surface area contributed by atoms with Gasteiger partial charge in [-0.15, -0.1) is 0 Å². The van der Waals surface area contributed by atoms with Gasteiger partial charge in [0.2, 0.25) is 0 Å². The normalized spacial score (nSPS) is 13.7. The molecule has 55 heavy (non-hydrogen) atoms. The number of carbonyl (C=O) groups excluding carboxylic acids is 2. The van der Waals surface area contributed by atoms with Crippen molar-refractivity contribution in [2.24, 2.45) is 0 Å². The lowest BCUT2D eigenvalue weighted by Gasteiger charge is -2.41. The molecule has 0 fully saturated rings. The van der Waals surface area contributed by atoms with E-state index in [9.17, 15) is 9.59 Å². The predicted molar refractivity (Wildman–Crippen MR) is 218 cm³/mol. The lowest BCUT2D eigenvalue weighted by atomic mass is 9.94. The van der Waals surface area contributed by atoms with Crippen molar-refractivity contribution in [3.63, 3.8) is 0 Å². The quantitative estimate of drug-likeness (QED) is 0.0786. The molecule has 0 aromatic heterocycles. The highest BCUT2D eigenvalue weighted by atomic mass is 16.6. The fraction of sp³-hybridized carbons (Fsp3) is 0.250. The molecule has 0 aliphatic carbocycles. The van der Waals surface area contributed by atoms with Crippen LogP contribution in [0.1, 0.15) is 48.6 Å². The van der Waals surface area contributed by atoms with Gasteiger partial charge in [-0.3, -0.25) is 9.69 Å². The molecule has 0 aliphatic rings. The average Bonchev–Trinajstić information content (AvgIpc) is 3.21. The van der Waals surface area contributed by atoms with Gasteiger partial charge >= 0.3 is 6.09 Å². The lowest BCUT2D eigenvalue weighted by molar-refractivity contribution is -0.171. The number of amides is 1. The van der Waals surface area contributed by atoms with Crippen LogP contribution in [0.15, 0.2) is 170 Å². The maximum absolute atomic E-state index is 14.5. The van der Waals surface area contributed by atoms with Crippen molar-refractivity contribution in [1.29, 1.82) is 0 Å². The summed E-state index contributed by atoms with van der Waals surface area (Å²) in [5, 5.41) is 0. The first kappa shape index (κ1) is 40.6. The molecular weight excluding hydrogens is 687 g/mol. The molecular formula is C48H51NO6. The smallest absolute Gasteiger partial charge is 0.411 e. The maximum Gasteiger partial charge on any atom is 0.411 e. The molecule has 0 saturated heterocycles. The van der Waals surface area contributed by atoms with E-state index < -0.39 is 36.0 Å². The first-order valence-electron chi connectivity index (χ1n) is 18.6. The molecule has 4 atom stereocenters. The van der Waals surface area contributed by atoms with Gasteiger partial charge in [0.05, 0.1) is 25.9 Å². The topological polar surface area (TPSA) is 74.3 Å². The Hall–Kier alpha value is -5.60. The van der Waals surface area contributed by atoms with E-state index >= 15 is 0 Å². The van der Waals surface area contributed by atoms with E-state index in [1.165, 1.54) is 6.08 Å². The lowest BCUT2D eigenvalue weighted by Crippen LogP contribution is -2.57. The van der Waals surface area contributed by atoms with Crippen LogP contribution in [-0.2, 0) is 50.1 Å². The number of benzene rings is 5. The number of rotatable bonds is 19. The predicted octanol–water partition coefficient (Wildman–Crippen LogP) is 10.0. The Morgan fingerprint density at radius 1 is 0.600 bits per heavy atom. The summed E-state index contributed by atoms with van der Waals surface area (Å²) in [6, 6.07) is 47.9. The minimum atomic E-state index is -1.16. The van der Waals surface area contributed by atoms with E-state index in [0.717, 1.165) is 27.8 Å². The maximum atomic E-state index is 14.5. The first-order chi connectivity index (χ1) is 26.7. The fourth-order valence-corrected chi connectivity index (χ4v) is 6.05. The summed E-state index contributed by atoms with van der Waals surface area (Å²) < 4.78 is 26.4. The van der Waals surface area contributed by atoms with Crippen molar-refractivity contribution in [1.82, 2.24) is 4.90 Å². The summed E-state index contributed by atoms with van der Waals surface area (Å²) in [5.41, 5.74) is 3.68. The van der Waals surface area contributed by atoms with E-state index in [0.29, 0.717) is 0 Å². The number of hydrogen-bond donors (Lipinski definition) is 0. The summed E-state index contributed by atoms with van der Waals surface area (Å²) in [7, 11) is 0. The second-order valence-corrected chi connectivity index (χ2v) is 14.2. The monoisotopic (exact) mass is 737 g/mol. The number of nitrogens with zero attached hydrogens (tertiary/aromatic N) is 1. The van der Waals surface area contributed by atoms with Crippen LogP contribution in [0.2, 0.25) is 0 Å². The minimum Gasteiger partial charge on any atom is -0.444 e. The Balaban J connectivity index is 1.69. The molecule has 7 nitrogen and oxygen atoms in total. The minimum absolute atomic E-state index is 0.131. The van der Waals surface area contributed by atoms with Crippen LogP contribution < -0.4 is 0 Å². The van der Waals surface area contributed by atoms with Gasteiger partial charge in [-0.25, -0.2) is 4.79 Å². The third-order valence-corrected chi connectivity index (χ3v) is 8.75. The molecule has 0 radical (unpaired) electrons. The Bertz CT molecular complexity index is 1910. The van der Waals surface area contributed by atoms with Crippen LogP contribution in [0.25, 0.3) is 6.08 Å². The highest BCUT2D eigenvalue weighted by molar-refractivity contribution is 5.93. The van der Waals surface area contributed by atoms with Gasteiger partial charge in [0.1, 0.15) is 23.9 Å². The number of hydrogen-bond acceptors (Lipinski definition) is 6. The van der Waals surface area contributed by atoms with Gasteiger partial charge < -0.3 is 18.9 Å². The van der Waals surface area contributed by atoms with Crippen molar-refractivity contribution in [2.75, 3.05) is 0 Å². The zero-order chi connectivity index (χ0) is 38.9. The molecule has 284 valence electrons. The van der Waals surface area contributed by atoms with Crippen LogP contribution >= 0.6 is 0 Å². The van der Waals surface area contributed by atoms with Crippen LogP contribution in [0, 0.1) is 0 Å². The molecule has 5 rings (SSSR count). The summed E-state index contributed by atoms with van der Waals surface area (Å²) >= 11 is 0. The van der Waals surface area contributed by atoms with Gasteiger partial charge in [0.25, 0.3) is 0 Å². The van der Waals surface area contributed by atoms with E-state index in [-0.39, 0.29) is 32.1 Å². The number of carbonyl (C=O) groups is 2. The summed E-state index contributed by atoms with van der Waals surface area (Å²) in [4.78, 5) is 30.2. The highest BCUT2D eigenvalue weighted by Crippen LogP contribution is 2.28. The standard InChI is InChI=1S/C48H51NO6/c1-5-43(50)45(53-35-40-27-17-9-18-28-40)46(54-36-41-29-19-10-20-30-41)44(52-34-39-25-15-8-16-26-39)42(32-31-37-21-11-6-12-22-37)49(47(51)55-48(2,3)4)33-38-23-13-7-14-24-38/h5-32,42,44-46H,1,33-36H2,2-4H3/b32-31+/t42-,44-,45-,46-/m1/s1. The molecule has 0 aliphatic heterocycles. The Morgan fingerprint density at radius 2 is 1.02 bits per heavy atom. The Labute approximate surface area is 325 Å².